The summed E-state index contributed by atoms with van der Waals surface area (Å²) in [4.78, 5) is 10.6. The first-order valence-corrected chi connectivity index (χ1v) is 6.36. The van der Waals surface area contributed by atoms with Crippen LogP contribution < -0.4 is 0 Å². The van der Waals surface area contributed by atoms with Gasteiger partial charge in [-0.2, -0.15) is 0 Å². The van der Waals surface area contributed by atoms with Crippen LogP contribution in [0.25, 0.3) is 0 Å². The van der Waals surface area contributed by atoms with E-state index in [1.165, 1.54) is 11.1 Å². The first kappa shape index (κ1) is 12.4. The third-order valence-electron chi connectivity index (χ3n) is 3.03. The number of hydrogen-bond donors (Lipinski definition) is 0. The largest absolute Gasteiger partial charge is 0.329 e. The van der Waals surface area contributed by atoms with Crippen molar-refractivity contribution in [1.82, 2.24) is 0 Å². The van der Waals surface area contributed by atoms with Crippen molar-refractivity contribution in [3.63, 3.8) is 0 Å². The van der Waals surface area contributed by atoms with E-state index in [4.69, 9.17) is 9.68 Å². The Bertz CT molecular complexity index is 609. The van der Waals surface area contributed by atoms with Gasteiger partial charge in [0.25, 0.3) is 11.8 Å². The van der Waals surface area contributed by atoms with Crippen LogP contribution in [0.15, 0.2) is 58.8 Å². The molecule has 4 heteroatoms. The molecule has 1 heterocycles. The lowest BCUT2D eigenvalue weighted by Crippen LogP contribution is -2.15. The summed E-state index contributed by atoms with van der Waals surface area (Å²) in [5, 5.41) is 7.95. The lowest BCUT2D eigenvalue weighted by Gasteiger charge is -2.11. The monoisotopic (exact) mass is 266 g/mol. The van der Waals surface area contributed by atoms with E-state index >= 15 is 0 Å². The zero-order valence-corrected chi connectivity index (χ0v) is 11.3. The molecular formula is C16H14N2O2. The molecule has 0 radical (unpaired) electrons. The smallest absolute Gasteiger partial charge is 0.291 e. The highest BCUT2D eigenvalue weighted by atomic mass is 16.7. The second kappa shape index (κ2) is 5.17. The topological polar surface area (TPSA) is 43.2 Å². The lowest BCUT2D eigenvalue weighted by molar-refractivity contribution is 0.219. The van der Waals surface area contributed by atoms with E-state index in [0.717, 1.165) is 11.1 Å². The van der Waals surface area contributed by atoms with Gasteiger partial charge in [-0.1, -0.05) is 35.4 Å². The van der Waals surface area contributed by atoms with Crippen LogP contribution in [0, 0.1) is 13.8 Å². The summed E-state index contributed by atoms with van der Waals surface area (Å²) in [6, 6.07) is 15.6. The average molecular weight is 266 g/mol. The van der Waals surface area contributed by atoms with Gasteiger partial charge in [-0.25, -0.2) is 0 Å². The zero-order valence-electron chi connectivity index (χ0n) is 11.3. The molecule has 1 aliphatic rings. The lowest BCUT2D eigenvalue weighted by atomic mass is 10.1. The van der Waals surface area contributed by atoms with Gasteiger partial charge in [0.1, 0.15) is 0 Å². The van der Waals surface area contributed by atoms with Gasteiger partial charge >= 0.3 is 0 Å². The molecule has 0 atom stereocenters. The number of nitrogens with zero attached hydrogens (tertiary/aromatic N) is 2. The molecule has 0 N–H and O–H groups in total. The average Bonchev–Trinajstić information content (AvgIpc) is 2.49. The van der Waals surface area contributed by atoms with Crippen LogP contribution in [0.3, 0.4) is 0 Å². The van der Waals surface area contributed by atoms with E-state index in [1.54, 1.807) is 0 Å². The second-order valence-corrected chi connectivity index (χ2v) is 4.71. The number of rotatable bonds is 2. The first-order valence-electron chi connectivity index (χ1n) is 6.36. The number of aryl methyl sites for hydroxylation is 2. The Balaban J connectivity index is 1.77. The molecule has 0 aromatic heterocycles. The Hall–Kier alpha value is -2.62. The number of benzene rings is 2. The maximum atomic E-state index is 5.31. The van der Waals surface area contributed by atoms with Crippen LogP contribution in [0.5, 0.6) is 0 Å². The van der Waals surface area contributed by atoms with Crippen molar-refractivity contribution >= 4 is 11.8 Å². The molecule has 0 saturated carbocycles. The van der Waals surface area contributed by atoms with Crippen molar-refractivity contribution in [1.29, 1.82) is 0 Å². The maximum absolute atomic E-state index is 5.31. The van der Waals surface area contributed by atoms with Crippen LogP contribution in [0.2, 0.25) is 0 Å². The molecule has 2 aromatic carbocycles. The van der Waals surface area contributed by atoms with Crippen LogP contribution in [-0.4, -0.2) is 11.8 Å². The van der Waals surface area contributed by atoms with Gasteiger partial charge in [-0.15, -0.1) is 0 Å². The molecule has 20 heavy (non-hydrogen) atoms. The Morgan fingerprint density at radius 2 is 0.950 bits per heavy atom. The standard InChI is InChI=1S/C16H14N2O2/c1-11-3-7-13(8-4-11)15-17-20-16(18-19-15)14-9-5-12(2)6-10-14/h3-10H,1-2H3. The van der Waals surface area contributed by atoms with Crippen LogP contribution >= 0.6 is 0 Å². The predicted octanol–water partition coefficient (Wildman–Crippen LogP) is 3.37. The Morgan fingerprint density at radius 1 is 0.600 bits per heavy atom. The first-order chi connectivity index (χ1) is 9.72. The molecule has 0 fully saturated rings. The Morgan fingerprint density at radius 3 is 1.25 bits per heavy atom. The van der Waals surface area contributed by atoms with Crippen molar-refractivity contribution in [2.75, 3.05) is 0 Å². The molecule has 2 aromatic rings. The highest BCUT2D eigenvalue weighted by Gasteiger charge is 2.16. The minimum Gasteiger partial charge on any atom is -0.329 e. The summed E-state index contributed by atoms with van der Waals surface area (Å²) in [5.41, 5.74) is 4.02. The Kier molecular flexibility index (Phi) is 3.21. The van der Waals surface area contributed by atoms with Gasteiger partial charge in [-0.3, -0.25) is 0 Å². The van der Waals surface area contributed by atoms with Gasteiger partial charge in [0.2, 0.25) is 0 Å². The van der Waals surface area contributed by atoms with E-state index in [1.807, 2.05) is 62.4 Å². The minimum absolute atomic E-state index is 0.362. The Labute approximate surface area is 117 Å². The molecule has 4 nitrogen and oxygen atoms in total. The SMILES string of the molecule is Cc1ccc(C2=NOC(c3ccc(C)cc3)=NO2)cc1. The molecule has 100 valence electrons. The summed E-state index contributed by atoms with van der Waals surface area (Å²) >= 11 is 0. The summed E-state index contributed by atoms with van der Waals surface area (Å²) in [5.74, 6) is 0.724. The molecule has 0 spiro atoms. The second-order valence-electron chi connectivity index (χ2n) is 4.71. The molecule has 0 unspecified atom stereocenters. The molecular weight excluding hydrogens is 252 g/mol. The van der Waals surface area contributed by atoms with Gasteiger partial charge in [0, 0.05) is 11.1 Å². The fourth-order valence-corrected chi connectivity index (χ4v) is 1.81. The molecule has 3 rings (SSSR count). The van der Waals surface area contributed by atoms with Gasteiger partial charge in [0.05, 0.1) is 0 Å². The van der Waals surface area contributed by atoms with E-state index < -0.39 is 0 Å². The molecule has 0 amide bonds. The molecule has 1 aliphatic heterocycles. The number of hydrogen-bond acceptors (Lipinski definition) is 4. The third-order valence-corrected chi connectivity index (χ3v) is 3.03. The molecule has 0 aliphatic carbocycles. The quantitative estimate of drug-likeness (QED) is 0.836. The molecule has 0 saturated heterocycles. The van der Waals surface area contributed by atoms with E-state index in [2.05, 4.69) is 10.3 Å². The van der Waals surface area contributed by atoms with Crippen molar-refractivity contribution in [3.8, 4) is 0 Å². The highest BCUT2D eigenvalue weighted by Crippen LogP contribution is 2.13. The van der Waals surface area contributed by atoms with Crippen LogP contribution in [0.1, 0.15) is 22.3 Å². The summed E-state index contributed by atoms with van der Waals surface area (Å²) in [6.07, 6.45) is 0. The minimum atomic E-state index is 0.362. The van der Waals surface area contributed by atoms with E-state index in [-0.39, 0.29) is 0 Å². The normalized spacial score (nSPS) is 13.9. The van der Waals surface area contributed by atoms with Gasteiger partial charge in [0.15, 0.2) is 0 Å². The summed E-state index contributed by atoms with van der Waals surface area (Å²) in [6.45, 7) is 4.05. The number of oxime groups is 2. The van der Waals surface area contributed by atoms with E-state index in [0.29, 0.717) is 11.8 Å². The fraction of sp³-hybridized carbons (Fsp3) is 0.125. The van der Waals surface area contributed by atoms with Crippen LogP contribution in [0.4, 0.5) is 0 Å². The van der Waals surface area contributed by atoms with E-state index in [9.17, 15) is 0 Å². The van der Waals surface area contributed by atoms with Crippen molar-refractivity contribution in [2.24, 2.45) is 10.3 Å². The zero-order chi connectivity index (χ0) is 13.9. The highest BCUT2D eigenvalue weighted by molar-refractivity contribution is 5.99. The summed E-state index contributed by atoms with van der Waals surface area (Å²) < 4.78 is 0. The maximum Gasteiger partial charge on any atom is 0.291 e. The summed E-state index contributed by atoms with van der Waals surface area (Å²) in [7, 11) is 0. The van der Waals surface area contributed by atoms with Crippen molar-refractivity contribution in [3.05, 3.63) is 70.8 Å². The van der Waals surface area contributed by atoms with Crippen molar-refractivity contribution < 1.29 is 9.68 Å². The fourth-order valence-electron chi connectivity index (χ4n) is 1.81. The molecule has 0 bridgehead atoms. The van der Waals surface area contributed by atoms with Gasteiger partial charge in [-0.05, 0) is 48.4 Å². The van der Waals surface area contributed by atoms with Gasteiger partial charge < -0.3 is 9.68 Å². The predicted molar refractivity (Wildman–Crippen MR) is 77.6 cm³/mol. The van der Waals surface area contributed by atoms with Crippen LogP contribution in [-0.2, 0) is 9.68 Å². The van der Waals surface area contributed by atoms with Crippen molar-refractivity contribution in [2.45, 2.75) is 13.8 Å². The third kappa shape index (κ3) is 2.54.